The number of hydrogen-bond donors (Lipinski definition) is 1. The molecule has 0 bridgehead atoms. The quantitative estimate of drug-likeness (QED) is 0.845. The summed E-state index contributed by atoms with van der Waals surface area (Å²) in [6.45, 7) is 3.43. The van der Waals surface area contributed by atoms with Gasteiger partial charge in [0, 0.05) is 18.7 Å². The van der Waals surface area contributed by atoms with Crippen molar-refractivity contribution in [3.05, 3.63) is 34.1 Å². The normalized spacial score (nSPS) is 10.2. The van der Waals surface area contributed by atoms with Crippen LogP contribution in [0.1, 0.15) is 17.3 Å². The number of carbonyl (C=O) groups is 1. The minimum absolute atomic E-state index is 0.236. The second-order valence-electron chi connectivity index (χ2n) is 3.08. The lowest BCUT2D eigenvalue weighted by atomic mass is 10.2. The van der Waals surface area contributed by atoms with Crippen molar-refractivity contribution < 1.29 is 13.9 Å². The molecule has 1 aromatic carbocycles. The Bertz CT molecular complexity index is 371. The highest BCUT2D eigenvalue weighted by Crippen LogP contribution is 2.16. The maximum atomic E-state index is 12.9. The smallest absolute Gasteiger partial charge is 0.251 e. The molecular formula is C11H13BrFNO2. The van der Waals surface area contributed by atoms with Gasteiger partial charge in [0.1, 0.15) is 5.82 Å². The Labute approximate surface area is 102 Å². The molecule has 0 spiro atoms. The molecule has 0 aliphatic carbocycles. The molecule has 1 N–H and O–H groups in total. The molecule has 1 rings (SSSR count). The van der Waals surface area contributed by atoms with Crippen molar-refractivity contribution in [3.8, 4) is 0 Å². The van der Waals surface area contributed by atoms with E-state index in [4.69, 9.17) is 4.74 Å². The number of amides is 1. The zero-order valence-corrected chi connectivity index (χ0v) is 10.5. The summed E-state index contributed by atoms with van der Waals surface area (Å²) in [7, 11) is 0. The van der Waals surface area contributed by atoms with Crippen molar-refractivity contribution in [1.29, 1.82) is 0 Å². The van der Waals surface area contributed by atoms with E-state index in [1.165, 1.54) is 18.2 Å². The molecule has 0 radical (unpaired) electrons. The summed E-state index contributed by atoms with van der Waals surface area (Å²) in [6, 6.07) is 4.14. The molecule has 1 amide bonds. The number of nitrogens with one attached hydrogen (secondary N) is 1. The lowest BCUT2D eigenvalue weighted by Crippen LogP contribution is -2.27. The number of rotatable bonds is 5. The largest absolute Gasteiger partial charge is 0.380 e. The molecule has 88 valence electrons. The van der Waals surface area contributed by atoms with Crippen molar-refractivity contribution in [3.63, 3.8) is 0 Å². The van der Waals surface area contributed by atoms with E-state index >= 15 is 0 Å². The minimum atomic E-state index is -0.383. The van der Waals surface area contributed by atoms with Crippen LogP contribution >= 0.6 is 15.9 Å². The van der Waals surface area contributed by atoms with E-state index in [1.807, 2.05) is 6.92 Å². The predicted molar refractivity (Wildman–Crippen MR) is 62.9 cm³/mol. The van der Waals surface area contributed by atoms with Gasteiger partial charge in [0.2, 0.25) is 0 Å². The van der Waals surface area contributed by atoms with Crippen LogP contribution < -0.4 is 5.32 Å². The first-order valence-corrected chi connectivity index (χ1v) is 5.75. The predicted octanol–water partition coefficient (Wildman–Crippen LogP) is 2.35. The van der Waals surface area contributed by atoms with Gasteiger partial charge in [0.15, 0.2) is 0 Å². The maximum absolute atomic E-state index is 12.9. The number of ether oxygens (including phenoxy) is 1. The van der Waals surface area contributed by atoms with Gasteiger partial charge >= 0.3 is 0 Å². The van der Waals surface area contributed by atoms with Gasteiger partial charge in [-0.25, -0.2) is 4.39 Å². The van der Waals surface area contributed by atoms with E-state index in [2.05, 4.69) is 21.2 Å². The Morgan fingerprint density at radius 3 is 2.94 bits per heavy atom. The third-order valence-corrected chi connectivity index (χ3v) is 2.53. The fraction of sp³-hybridized carbons (Fsp3) is 0.364. The minimum Gasteiger partial charge on any atom is -0.380 e. The summed E-state index contributed by atoms with van der Waals surface area (Å²) in [5.41, 5.74) is 0.421. The van der Waals surface area contributed by atoms with E-state index in [-0.39, 0.29) is 16.2 Å². The van der Waals surface area contributed by atoms with Crippen molar-refractivity contribution >= 4 is 21.8 Å². The van der Waals surface area contributed by atoms with Crippen molar-refractivity contribution in [2.24, 2.45) is 0 Å². The van der Waals surface area contributed by atoms with Crippen LogP contribution in [0.5, 0.6) is 0 Å². The van der Waals surface area contributed by atoms with Crippen LogP contribution in [0.15, 0.2) is 22.7 Å². The first-order valence-electron chi connectivity index (χ1n) is 4.96. The molecular weight excluding hydrogens is 277 g/mol. The van der Waals surface area contributed by atoms with E-state index in [1.54, 1.807) is 0 Å². The molecule has 0 saturated carbocycles. The van der Waals surface area contributed by atoms with Gasteiger partial charge in [-0.3, -0.25) is 4.79 Å². The summed E-state index contributed by atoms with van der Waals surface area (Å²) in [5.74, 6) is -0.619. The fourth-order valence-corrected chi connectivity index (χ4v) is 1.50. The molecule has 3 nitrogen and oxygen atoms in total. The Hall–Kier alpha value is -0.940. The Morgan fingerprint density at radius 1 is 1.56 bits per heavy atom. The number of benzene rings is 1. The van der Waals surface area contributed by atoms with E-state index < -0.39 is 0 Å². The summed E-state index contributed by atoms with van der Waals surface area (Å²) >= 11 is 3.03. The Kier molecular flexibility index (Phi) is 5.42. The molecule has 5 heteroatoms. The molecule has 0 atom stereocenters. The molecule has 0 fully saturated rings. The standard InChI is InChI=1S/C11H13BrFNO2/c1-2-16-6-5-14-11(15)8-3-4-10(13)9(12)7-8/h3-4,7H,2,5-6H2,1H3,(H,14,15). The van der Waals surface area contributed by atoms with Crippen molar-refractivity contribution in [2.75, 3.05) is 19.8 Å². The Morgan fingerprint density at radius 2 is 2.31 bits per heavy atom. The molecule has 0 unspecified atom stereocenters. The average molecular weight is 290 g/mol. The van der Waals surface area contributed by atoms with Crippen molar-refractivity contribution in [2.45, 2.75) is 6.92 Å². The first kappa shape index (κ1) is 13.1. The summed E-state index contributed by atoms with van der Waals surface area (Å²) < 4.78 is 18.3. The molecule has 1 aromatic rings. The molecule has 0 heterocycles. The van der Waals surface area contributed by atoms with Gasteiger partial charge in [-0.1, -0.05) is 0 Å². The highest BCUT2D eigenvalue weighted by molar-refractivity contribution is 9.10. The molecule has 0 aliphatic heterocycles. The van der Waals surface area contributed by atoms with Gasteiger partial charge in [-0.2, -0.15) is 0 Å². The third kappa shape index (κ3) is 3.90. The van der Waals surface area contributed by atoms with Crippen LogP contribution in [-0.2, 0) is 4.74 Å². The number of halogens is 2. The second kappa shape index (κ2) is 6.60. The van der Waals surface area contributed by atoms with Crippen LogP contribution in [0.2, 0.25) is 0 Å². The third-order valence-electron chi connectivity index (χ3n) is 1.92. The van der Waals surface area contributed by atoms with Gasteiger partial charge < -0.3 is 10.1 Å². The summed E-state index contributed by atoms with van der Waals surface area (Å²) in [4.78, 5) is 11.6. The van der Waals surface area contributed by atoms with Gasteiger partial charge in [-0.15, -0.1) is 0 Å². The zero-order valence-electron chi connectivity index (χ0n) is 8.93. The lowest BCUT2D eigenvalue weighted by molar-refractivity contribution is 0.0922. The highest BCUT2D eigenvalue weighted by Gasteiger charge is 2.07. The van der Waals surface area contributed by atoms with E-state index in [9.17, 15) is 9.18 Å². The monoisotopic (exact) mass is 289 g/mol. The van der Waals surface area contributed by atoms with E-state index in [0.29, 0.717) is 25.3 Å². The van der Waals surface area contributed by atoms with E-state index in [0.717, 1.165) is 0 Å². The highest BCUT2D eigenvalue weighted by atomic mass is 79.9. The fourth-order valence-electron chi connectivity index (χ4n) is 1.12. The van der Waals surface area contributed by atoms with Crippen LogP contribution in [0.4, 0.5) is 4.39 Å². The average Bonchev–Trinajstić information content (AvgIpc) is 2.28. The molecule has 0 saturated heterocycles. The molecule has 16 heavy (non-hydrogen) atoms. The zero-order chi connectivity index (χ0) is 12.0. The SMILES string of the molecule is CCOCCNC(=O)c1ccc(F)c(Br)c1. The first-order chi connectivity index (χ1) is 7.65. The van der Waals surface area contributed by atoms with Crippen molar-refractivity contribution in [1.82, 2.24) is 5.32 Å². The molecule has 0 aliphatic rings. The van der Waals surface area contributed by atoms with Crippen LogP contribution in [0.25, 0.3) is 0 Å². The number of hydrogen-bond acceptors (Lipinski definition) is 2. The van der Waals surface area contributed by atoms with Crippen LogP contribution in [-0.4, -0.2) is 25.7 Å². The summed E-state index contributed by atoms with van der Waals surface area (Å²) in [5, 5.41) is 2.67. The molecule has 0 aromatic heterocycles. The maximum Gasteiger partial charge on any atom is 0.251 e. The van der Waals surface area contributed by atoms with Gasteiger partial charge in [0.05, 0.1) is 11.1 Å². The number of carbonyl (C=O) groups excluding carboxylic acids is 1. The summed E-state index contributed by atoms with van der Waals surface area (Å²) in [6.07, 6.45) is 0. The van der Waals surface area contributed by atoms with Gasteiger partial charge in [0.25, 0.3) is 5.91 Å². The van der Waals surface area contributed by atoms with Crippen LogP contribution in [0, 0.1) is 5.82 Å². The topological polar surface area (TPSA) is 38.3 Å². The second-order valence-corrected chi connectivity index (χ2v) is 3.94. The Balaban J connectivity index is 2.50. The van der Waals surface area contributed by atoms with Gasteiger partial charge in [-0.05, 0) is 41.1 Å². The lowest BCUT2D eigenvalue weighted by Gasteiger charge is -2.05. The van der Waals surface area contributed by atoms with Crippen LogP contribution in [0.3, 0.4) is 0 Å².